The third-order valence-corrected chi connectivity index (χ3v) is 1.19. The van der Waals surface area contributed by atoms with E-state index in [1.54, 1.807) is 0 Å². The van der Waals surface area contributed by atoms with Crippen LogP contribution in [-0.2, 0) is 0 Å². The van der Waals surface area contributed by atoms with Gasteiger partial charge in [0.15, 0.2) is 0 Å². The van der Waals surface area contributed by atoms with E-state index in [-0.39, 0.29) is 0 Å². The minimum Gasteiger partial charge on any atom is -0.506 e. The molecule has 0 aliphatic rings. The van der Waals surface area contributed by atoms with Crippen molar-refractivity contribution in [1.82, 2.24) is 0 Å². The van der Waals surface area contributed by atoms with E-state index in [0.717, 1.165) is 0 Å². The van der Waals surface area contributed by atoms with Crippen LogP contribution in [0.1, 0.15) is 4.11 Å². The van der Waals surface area contributed by atoms with E-state index in [9.17, 15) is 10.1 Å². The maximum Gasteiger partial charge on any atom is 0.271 e. The molecule has 0 atom stereocenters. The Morgan fingerprint density at radius 3 is 2.91 bits per heavy atom. The molecule has 5 heteroatoms. The second kappa shape index (κ2) is 2.75. The number of phenolic OH excluding ortho intramolecular Hbond substituents is 1. The standard InChI is InChI=1S/C6H4ClNO3/c7-5-3-4(8(10)11)1-2-6(5)9/h1-3,9H/i1D,2D,3D. The number of hydrogen-bond acceptors (Lipinski definition) is 3. The molecule has 1 N–H and O–H groups in total. The average Bonchev–Trinajstić information content (AvgIpc) is 2.11. The molecule has 0 heterocycles. The van der Waals surface area contributed by atoms with Gasteiger partial charge in [0.05, 0.1) is 14.1 Å². The molecule has 11 heavy (non-hydrogen) atoms. The highest BCUT2D eigenvalue weighted by molar-refractivity contribution is 6.32. The second-order valence-corrected chi connectivity index (χ2v) is 2.02. The van der Waals surface area contributed by atoms with Crippen molar-refractivity contribution in [2.45, 2.75) is 0 Å². The second-order valence-electron chi connectivity index (χ2n) is 1.64. The van der Waals surface area contributed by atoms with Gasteiger partial charge in [-0.05, 0) is 6.04 Å². The van der Waals surface area contributed by atoms with Gasteiger partial charge < -0.3 is 5.11 Å². The number of nitro benzene ring substituents is 1. The molecule has 1 aromatic carbocycles. The molecule has 0 radical (unpaired) electrons. The number of halogens is 1. The lowest BCUT2D eigenvalue weighted by Gasteiger charge is -1.94. The van der Waals surface area contributed by atoms with Crippen molar-refractivity contribution in [2.24, 2.45) is 0 Å². The molecule has 0 aromatic heterocycles. The summed E-state index contributed by atoms with van der Waals surface area (Å²) in [7, 11) is 0. The molecule has 4 nitrogen and oxygen atoms in total. The van der Waals surface area contributed by atoms with Crippen molar-refractivity contribution < 1.29 is 14.1 Å². The van der Waals surface area contributed by atoms with Crippen LogP contribution in [0.5, 0.6) is 5.75 Å². The molecule has 58 valence electrons. The van der Waals surface area contributed by atoms with E-state index < -0.39 is 39.5 Å². The summed E-state index contributed by atoms with van der Waals surface area (Å²) < 4.78 is 21.4. The van der Waals surface area contributed by atoms with E-state index in [1.165, 1.54) is 0 Å². The minimum absolute atomic E-state index is 0.585. The van der Waals surface area contributed by atoms with Crippen LogP contribution in [0.3, 0.4) is 0 Å². The molecule has 0 spiro atoms. The lowest BCUT2D eigenvalue weighted by molar-refractivity contribution is -0.384. The summed E-state index contributed by atoms with van der Waals surface area (Å²) in [6.45, 7) is 0. The molecular weight excluding hydrogens is 170 g/mol. The maximum atomic E-state index is 10.4. The van der Waals surface area contributed by atoms with Gasteiger partial charge in [-0.25, -0.2) is 0 Å². The lowest BCUT2D eigenvalue weighted by atomic mass is 10.3. The zero-order valence-electron chi connectivity index (χ0n) is 8.09. The molecule has 0 amide bonds. The lowest BCUT2D eigenvalue weighted by Crippen LogP contribution is -1.86. The molecule has 0 saturated heterocycles. The van der Waals surface area contributed by atoms with Gasteiger partial charge >= 0.3 is 0 Å². The van der Waals surface area contributed by atoms with Gasteiger partial charge in [-0.15, -0.1) is 0 Å². The smallest absolute Gasteiger partial charge is 0.271 e. The van der Waals surface area contributed by atoms with Crippen LogP contribution < -0.4 is 0 Å². The SMILES string of the molecule is [2H]c1c([2H])c([N+](=O)[O-])c([2H])c(Cl)c1O. The first-order valence-corrected chi connectivity index (χ1v) is 2.88. The summed E-state index contributed by atoms with van der Waals surface area (Å²) in [6, 6.07) is -2.32. The van der Waals surface area contributed by atoms with Crippen molar-refractivity contribution in [3.63, 3.8) is 0 Å². The first kappa shape index (κ1) is 4.56. The van der Waals surface area contributed by atoms with Crippen LogP contribution in [0.2, 0.25) is 5.02 Å². The zero-order valence-corrected chi connectivity index (χ0v) is 5.84. The monoisotopic (exact) mass is 176 g/mol. The Hall–Kier alpha value is -1.29. The van der Waals surface area contributed by atoms with Gasteiger partial charge in [-0.1, -0.05) is 11.6 Å². The fraction of sp³-hybridized carbons (Fsp3) is 0. The van der Waals surface area contributed by atoms with E-state index in [1.807, 2.05) is 0 Å². The van der Waals surface area contributed by atoms with Crippen LogP contribution in [0.25, 0.3) is 0 Å². The minimum atomic E-state index is -0.978. The molecular formula is C6H4ClNO3. The number of rotatable bonds is 1. The zero-order chi connectivity index (χ0) is 11.0. The summed E-state index contributed by atoms with van der Waals surface area (Å²) in [5.41, 5.74) is -0.877. The maximum absolute atomic E-state index is 10.4. The molecule has 0 aliphatic carbocycles. The van der Waals surface area contributed by atoms with E-state index in [2.05, 4.69) is 0 Å². The Morgan fingerprint density at radius 1 is 1.73 bits per heavy atom. The number of phenols is 1. The first-order valence-electron chi connectivity index (χ1n) is 4.00. The number of benzene rings is 1. The first-order chi connectivity index (χ1) is 6.37. The molecule has 1 aromatic rings. The van der Waals surface area contributed by atoms with Crippen molar-refractivity contribution in [2.75, 3.05) is 0 Å². The molecule has 0 unspecified atom stereocenters. The number of nitro groups is 1. The molecule has 0 fully saturated rings. The van der Waals surface area contributed by atoms with E-state index in [4.69, 9.17) is 20.8 Å². The van der Waals surface area contributed by atoms with Crippen LogP contribution >= 0.6 is 11.6 Å². The largest absolute Gasteiger partial charge is 0.506 e. The van der Waals surface area contributed by atoms with Crippen LogP contribution in [0.15, 0.2) is 18.1 Å². The highest BCUT2D eigenvalue weighted by Crippen LogP contribution is 2.26. The van der Waals surface area contributed by atoms with Crippen molar-refractivity contribution in [3.05, 3.63) is 33.3 Å². The summed E-state index contributed by atoms with van der Waals surface area (Å²) in [6.07, 6.45) is 0. The number of hydrogen-bond donors (Lipinski definition) is 1. The predicted octanol–water partition coefficient (Wildman–Crippen LogP) is 1.95. The molecule has 0 saturated carbocycles. The van der Waals surface area contributed by atoms with Crippen molar-refractivity contribution in [1.29, 1.82) is 0 Å². The van der Waals surface area contributed by atoms with Crippen LogP contribution in [-0.4, -0.2) is 10.0 Å². The third kappa shape index (κ3) is 1.59. The molecule has 0 bridgehead atoms. The highest BCUT2D eigenvalue weighted by atomic mass is 35.5. The van der Waals surface area contributed by atoms with Gasteiger partial charge in [0, 0.05) is 12.1 Å². The molecule has 1 rings (SSSR count). The third-order valence-electron chi connectivity index (χ3n) is 0.918. The normalized spacial score (nSPS) is 13.4. The van der Waals surface area contributed by atoms with Gasteiger partial charge in [0.25, 0.3) is 5.69 Å². The number of aromatic hydroxyl groups is 1. The van der Waals surface area contributed by atoms with Gasteiger partial charge in [0.1, 0.15) is 5.75 Å². The van der Waals surface area contributed by atoms with Crippen LogP contribution in [0.4, 0.5) is 5.69 Å². The Balaban J connectivity index is 3.68. The van der Waals surface area contributed by atoms with Gasteiger partial charge in [0.2, 0.25) is 0 Å². The summed E-state index contributed by atoms with van der Waals surface area (Å²) in [5.74, 6) is -0.785. The van der Waals surface area contributed by atoms with E-state index >= 15 is 0 Å². The quantitative estimate of drug-likeness (QED) is 0.526. The molecule has 0 aliphatic heterocycles. The van der Waals surface area contributed by atoms with Gasteiger partial charge in [-0.2, -0.15) is 0 Å². The van der Waals surface area contributed by atoms with Crippen molar-refractivity contribution >= 4 is 17.3 Å². The fourth-order valence-corrected chi connectivity index (χ4v) is 0.596. The Morgan fingerprint density at radius 2 is 2.36 bits per heavy atom. The summed E-state index contributed by atoms with van der Waals surface area (Å²) in [4.78, 5) is 9.42. The Labute approximate surface area is 71.4 Å². The van der Waals surface area contributed by atoms with Crippen molar-refractivity contribution in [3.8, 4) is 5.75 Å². The predicted molar refractivity (Wildman–Crippen MR) is 39.8 cm³/mol. The Kier molecular flexibility index (Phi) is 1.14. The fourth-order valence-electron chi connectivity index (χ4n) is 0.459. The number of nitrogens with zero attached hydrogens (tertiary/aromatic N) is 1. The summed E-state index contributed by atoms with van der Waals surface area (Å²) in [5, 5.41) is 18.9. The highest BCUT2D eigenvalue weighted by Gasteiger charge is 2.07. The van der Waals surface area contributed by atoms with Crippen LogP contribution in [0, 0.1) is 10.1 Å². The van der Waals surface area contributed by atoms with E-state index in [0.29, 0.717) is 0 Å². The topological polar surface area (TPSA) is 63.4 Å². The van der Waals surface area contributed by atoms with Gasteiger partial charge in [-0.3, -0.25) is 10.1 Å². The summed E-state index contributed by atoms with van der Waals surface area (Å²) >= 11 is 5.36. The Bertz CT molecular complexity index is 394. The average molecular weight is 177 g/mol.